The summed E-state index contributed by atoms with van der Waals surface area (Å²) in [5.41, 5.74) is 0.849. The number of halogens is 3. The van der Waals surface area contributed by atoms with Gasteiger partial charge in [0.25, 0.3) is 5.88 Å². The van der Waals surface area contributed by atoms with Gasteiger partial charge in [0.1, 0.15) is 4.47 Å². The zero-order chi connectivity index (χ0) is 18.0. The number of nitrogens with zero attached hydrogens (tertiary/aromatic N) is 3. The summed E-state index contributed by atoms with van der Waals surface area (Å²) in [6.45, 7) is -0.108. The van der Waals surface area contributed by atoms with E-state index in [1.165, 1.54) is 24.2 Å². The molecule has 0 aliphatic heterocycles. The Morgan fingerprint density at radius 3 is 2.88 bits per heavy atom. The number of carbonyl (C=O) groups excluding carboxylic acids is 1. The molecule has 0 fully saturated rings. The number of rotatable bonds is 5. The van der Waals surface area contributed by atoms with Gasteiger partial charge in [-0.2, -0.15) is 5.10 Å². The van der Waals surface area contributed by atoms with Gasteiger partial charge in [0.2, 0.25) is 0 Å². The first kappa shape index (κ1) is 17.8. The van der Waals surface area contributed by atoms with E-state index >= 15 is 0 Å². The number of hydrogen-bond donors (Lipinski definition) is 0. The third-order valence-corrected chi connectivity index (χ3v) is 4.49. The van der Waals surface area contributed by atoms with Crippen LogP contribution in [-0.2, 0) is 11.3 Å². The van der Waals surface area contributed by atoms with E-state index in [1.54, 1.807) is 18.2 Å². The van der Waals surface area contributed by atoms with Gasteiger partial charge in [0, 0.05) is 11.2 Å². The second-order valence-corrected chi connectivity index (χ2v) is 6.41. The van der Waals surface area contributed by atoms with Crippen LogP contribution in [0.25, 0.3) is 5.69 Å². The van der Waals surface area contributed by atoms with Crippen molar-refractivity contribution in [3.05, 3.63) is 56.4 Å². The summed E-state index contributed by atoms with van der Waals surface area (Å²) in [6.07, 6.45) is 2.89. The van der Waals surface area contributed by atoms with Crippen LogP contribution in [0.1, 0.15) is 16.1 Å². The average molecular weight is 447 g/mol. The van der Waals surface area contributed by atoms with Gasteiger partial charge >= 0.3 is 5.97 Å². The lowest BCUT2D eigenvalue weighted by Crippen LogP contribution is -2.04. The molecule has 0 unspecified atom stereocenters. The summed E-state index contributed by atoms with van der Waals surface area (Å²) in [5, 5.41) is 8.70. The first-order chi connectivity index (χ1) is 12.0. The quantitative estimate of drug-likeness (QED) is 0.543. The number of hydrogen-bond acceptors (Lipinski definition) is 6. The topological polar surface area (TPSA) is 79.4 Å². The minimum atomic E-state index is -0.571. The molecule has 3 aromatic rings. The maximum absolute atomic E-state index is 12.2. The van der Waals surface area contributed by atoms with Gasteiger partial charge in [-0.25, -0.2) is 9.48 Å². The smallest absolute Gasteiger partial charge is 0.341 e. The SMILES string of the molecule is COc1noc(COC(=O)c2cnn(-c3ccc(Cl)cc3Cl)c2)c1Br. The summed E-state index contributed by atoms with van der Waals surface area (Å²) >= 11 is 15.3. The molecule has 2 aromatic heterocycles. The minimum Gasteiger partial charge on any atom is -0.478 e. The van der Waals surface area contributed by atoms with Crippen molar-refractivity contribution < 1.29 is 18.8 Å². The van der Waals surface area contributed by atoms with Crippen molar-refractivity contribution in [1.82, 2.24) is 14.9 Å². The third-order valence-electron chi connectivity index (χ3n) is 3.17. The van der Waals surface area contributed by atoms with Gasteiger partial charge in [-0.1, -0.05) is 23.2 Å². The van der Waals surface area contributed by atoms with E-state index in [-0.39, 0.29) is 18.1 Å². The first-order valence-corrected chi connectivity index (χ1v) is 8.39. The molecule has 25 heavy (non-hydrogen) atoms. The number of benzene rings is 1. The van der Waals surface area contributed by atoms with Crippen LogP contribution in [0.3, 0.4) is 0 Å². The lowest BCUT2D eigenvalue weighted by atomic mass is 10.3. The Bertz CT molecular complexity index is 925. The van der Waals surface area contributed by atoms with Gasteiger partial charge in [-0.15, -0.1) is 0 Å². The van der Waals surface area contributed by atoms with Crippen LogP contribution < -0.4 is 4.74 Å². The Kier molecular flexibility index (Phi) is 5.31. The molecular weight excluding hydrogens is 437 g/mol. The molecule has 0 radical (unpaired) electrons. The predicted octanol–water partition coefficient (Wildman–Crippen LogP) is 4.30. The van der Waals surface area contributed by atoms with E-state index in [1.807, 2.05) is 0 Å². The van der Waals surface area contributed by atoms with Crippen LogP contribution in [0.5, 0.6) is 5.88 Å². The lowest BCUT2D eigenvalue weighted by Gasteiger charge is -2.04. The van der Waals surface area contributed by atoms with Crippen molar-refractivity contribution in [2.24, 2.45) is 0 Å². The van der Waals surface area contributed by atoms with E-state index in [0.717, 1.165) is 0 Å². The van der Waals surface area contributed by atoms with Crippen LogP contribution in [-0.4, -0.2) is 28.0 Å². The molecule has 0 saturated heterocycles. The molecule has 3 rings (SSSR count). The number of esters is 1. The molecule has 0 N–H and O–H groups in total. The normalized spacial score (nSPS) is 10.7. The van der Waals surface area contributed by atoms with E-state index in [0.29, 0.717) is 26.0 Å². The Morgan fingerprint density at radius 1 is 1.40 bits per heavy atom. The van der Waals surface area contributed by atoms with Gasteiger partial charge < -0.3 is 14.0 Å². The molecule has 0 amide bonds. The average Bonchev–Trinajstić information content (AvgIpc) is 3.20. The lowest BCUT2D eigenvalue weighted by molar-refractivity contribution is 0.0436. The third kappa shape index (κ3) is 3.81. The number of carbonyl (C=O) groups is 1. The molecule has 0 bridgehead atoms. The zero-order valence-corrected chi connectivity index (χ0v) is 15.8. The maximum Gasteiger partial charge on any atom is 0.341 e. The molecule has 0 spiro atoms. The van der Waals surface area contributed by atoms with Crippen LogP contribution in [0, 0.1) is 0 Å². The summed E-state index contributed by atoms with van der Waals surface area (Å²) < 4.78 is 17.1. The van der Waals surface area contributed by atoms with Gasteiger partial charge in [-0.3, -0.25) is 0 Å². The molecule has 0 atom stereocenters. The van der Waals surface area contributed by atoms with Crippen LogP contribution in [0.2, 0.25) is 10.0 Å². The molecule has 2 heterocycles. The highest BCUT2D eigenvalue weighted by atomic mass is 79.9. The van der Waals surface area contributed by atoms with E-state index < -0.39 is 5.97 Å². The van der Waals surface area contributed by atoms with Crippen molar-refractivity contribution in [3.8, 4) is 11.6 Å². The first-order valence-electron chi connectivity index (χ1n) is 6.85. The van der Waals surface area contributed by atoms with Crippen LogP contribution in [0.15, 0.2) is 39.6 Å². The van der Waals surface area contributed by atoms with E-state index in [4.69, 9.17) is 37.2 Å². The molecule has 7 nitrogen and oxygen atoms in total. The highest BCUT2D eigenvalue weighted by Crippen LogP contribution is 2.28. The summed E-state index contributed by atoms with van der Waals surface area (Å²) in [5.74, 6) is 0.0354. The van der Waals surface area contributed by atoms with Crippen molar-refractivity contribution in [2.45, 2.75) is 6.61 Å². The standard InChI is InChI=1S/C15H10BrCl2N3O4/c1-23-14-13(16)12(25-20-14)7-24-15(22)8-5-19-21(6-8)11-3-2-9(17)4-10(11)18/h2-6H,7H2,1H3. The number of ether oxygens (including phenoxy) is 2. The van der Waals surface area contributed by atoms with Crippen LogP contribution >= 0.6 is 39.1 Å². The molecule has 0 aliphatic carbocycles. The molecule has 1 aromatic carbocycles. The van der Waals surface area contributed by atoms with E-state index in [2.05, 4.69) is 26.2 Å². The second kappa shape index (κ2) is 7.47. The van der Waals surface area contributed by atoms with Gasteiger partial charge in [0.15, 0.2) is 12.4 Å². The highest BCUT2D eigenvalue weighted by Gasteiger charge is 2.18. The minimum absolute atomic E-state index is 0.108. The highest BCUT2D eigenvalue weighted by molar-refractivity contribution is 9.10. The molecule has 0 saturated carbocycles. The van der Waals surface area contributed by atoms with Gasteiger partial charge in [-0.05, 0) is 39.3 Å². The fraction of sp³-hybridized carbons (Fsp3) is 0.133. The second-order valence-electron chi connectivity index (χ2n) is 4.77. The molecule has 130 valence electrons. The molecule has 0 aliphatic rings. The maximum atomic E-state index is 12.2. The van der Waals surface area contributed by atoms with Crippen LogP contribution in [0.4, 0.5) is 0 Å². The number of methoxy groups -OCH3 is 1. The summed E-state index contributed by atoms with van der Waals surface area (Å²) in [7, 11) is 1.45. The Balaban J connectivity index is 1.71. The van der Waals surface area contributed by atoms with Crippen molar-refractivity contribution >= 4 is 45.1 Å². The monoisotopic (exact) mass is 445 g/mol. The van der Waals surface area contributed by atoms with Crippen molar-refractivity contribution in [1.29, 1.82) is 0 Å². The van der Waals surface area contributed by atoms with Crippen molar-refractivity contribution in [3.63, 3.8) is 0 Å². The fourth-order valence-electron chi connectivity index (χ4n) is 1.95. The predicted molar refractivity (Wildman–Crippen MR) is 93.5 cm³/mol. The Labute approximate surface area is 160 Å². The summed E-state index contributed by atoms with van der Waals surface area (Å²) in [4.78, 5) is 12.2. The van der Waals surface area contributed by atoms with Crippen molar-refractivity contribution in [2.75, 3.05) is 7.11 Å². The zero-order valence-electron chi connectivity index (χ0n) is 12.7. The summed E-state index contributed by atoms with van der Waals surface area (Å²) in [6, 6.07) is 4.97. The fourth-order valence-corrected chi connectivity index (χ4v) is 2.87. The Morgan fingerprint density at radius 2 is 2.20 bits per heavy atom. The molecular formula is C15H10BrCl2N3O4. The number of aromatic nitrogens is 3. The van der Waals surface area contributed by atoms with Gasteiger partial charge in [0.05, 0.1) is 29.6 Å². The Hall–Kier alpha value is -2.03. The molecule has 10 heteroatoms. The van der Waals surface area contributed by atoms with E-state index in [9.17, 15) is 4.79 Å². The largest absolute Gasteiger partial charge is 0.478 e.